The Morgan fingerprint density at radius 1 is 0.875 bits per heavy atom. The maximum absolute atomic E-state index is 13.0. The lowest BCUT2D eigenvalue weighted by molar-refractivity contribution is -0.136. The molecular weight excluding hydrogens is 404 g/mol. The van der Waals surface area contributed by atoms with E-state index in [-0.39, 0.29) is 17.7 Å². The Hall–Kier alpha value is -3.61. The first-order valence-corrected chi connectivity index (χ1v) is 10.8. The second-order valence-electron chi connectivity index (χ2n) is 8.34. The summed E-state index contributed by atoms with van der Waals surface area (Å²) in [6.07, 6.45) is 0. The van der Waals surface area contributed by atoms with E-state index in [1.165, 1.54) is 35.7 Å². The number of anilines is 2. The molecule has 0 radical (unpaired) electrons. The summed E-state index contributed by atoms with van der Waals surface area (Å²) in [6.45, 7) is 8.55. The molecule has 7 nitrogen and oxygen atoms in total. The van der Waals surface area contributed by atoms with E-state index < -0.39 is 0 Å². The van der Waals surface area contributed by atoms with Crippen LogP contribution in [0.5, 0.6) is 0 Å². The average molecular weight is 433 g/mol. The zero-order valence-corrected chi connectivity index (χ0v) is 18.9. The Balaban J connectivity index is 1.61. The third kappa shape index (κ3) is 3.86. The number of hydrogen-bond donors (Lipinski definition) is 1. The second kappa shape index (κ2) is 8.49. The van der Waals surface area contributed by atoms with Gasteiger partial charge >= 0.3 is 0 Å². The molecule has 3 amide bonds. The van der Waals surface area contributed by atoms with Gasteiger partial charge in [0, 0.05) is 51.5 Å². The van der Waals surface area contributed by atoms with Crippen molar-refractivity contribution in [2.24, 2.45) is 0 Å². The Morgan fingerprint density at radius 2 is 1.50 bits per heavy atom. The summed E-state index contributed by atoms with van der Waals surface area (Å²) in [5, 5.41) is 2.72. The van der Waals surface area contributed by atoms with Crippen LogP contribution in [0, 0.1) is 13.8 Å². The van der Waals surface area contributed by atoms with Crippen LogP contribution < -0.4 is 10.2 Å². The van der Waals surface area contributed by atoms with Gasteiger partial charge in [-0.3, -0.25) is 19.3 Å². The van der Waals surface area contributed by atoms with Gasteiger partial charge in [0.05, 0.1) is 5.57 Å². The predicted molar refractivity (Wildman–Crippen MR) is 125 cm³/mol. The van der Waals surface area contributed by atoms with E-state index in [2.05, 4.69) is 42.3 Å². The molecule has 0 bridgehead atoms. The predicted octanol–water partition coefficient (Wildman–Crippen LogP) is 2.79. The lowest BCUT2D eigenvalue weighted by Gasteiger charge is -2.38. The van der Waals surface area contributed by atoms with E-state index in [1.54, 1.807) is 24.3 Å². The van der Waals surface area contributed by atoms with Crippen molar-refractivity contribution in [1.82, 2.24) is 9.80 Å². The third-order valence-electron chi connectivity index (χ3n) is 6.27. The number of likely N-dealkylation sites (N-methyl/N-ethyl adjacent to an activating group) is 1. The summed E-state index contributed by atoms with van der Waals surface area (Å²) in [5.41, 5.74) is 5.96. The molecule has 2 aromatic rings. The van der Waals surface area contributed by atoms with E-state index in [0.717, 1.165) is 13.1 Å². The van der Waals surface area contributed by atoms with E-state index in [4.69, 9.17) is 0 Å². The molecule has 2 aromatic carbocycles. The van der Waals surface area contributed by atoms with E-state index in [9.17, 15) is 14.4 Å². The molecule has 0 unspecified atom stereocenters. The molecule has 0 aliphatic carbocycles. The molecule has 2 heterocycles. The van der Waals surface area contributed by atoms with Crippen LogP contribution in [-0.4, -0.2) is 60.7 Å². The Morgan fingerprint density at radius 3 is 2.12 bits per heavy atom. The summed E-state index contributed by atoms with van der Waals surface area (Å²) in [7, 11) is 1.52. The Labute approximate surface area is 188 Å². The Kier molecular flexibility index (Phi) is 5.74. The normalized spacial score (nSPS) is 16.8. The highest BCUT2D eigenvalue weighted by atomic mass is 16.2. The quantitative estimate of drug-likeness (QED) is 0.753. The summed E-state index contributed by atoms with van der Waals surface area (Å²) in [4.78, 5) is 42.8. The van der Waals surface area contributed by atoms with Crippen LogP contribution in [-0.2, 0) is 14.4 Å². The largest absolute Gasteiger partial charge is 0.368 e. The first kappa shape index (κ1) is 21.6. The van der Waals surface area contributed by atoms with Gasteiger partial charge in [-0.05, 0) is 48.7 Å². The number of aryl methyl sites for hydroxylation is 1. The van der Waals surface area contributed by atoms with E-state index >= 15 is 0 Å². The molecule has 2 aliphatic rings. The molecule has 7 heteroatoms. The first-order chi connectivity index (χ1) is 15.3. The molecule has 2 aliphatic heterocycles. The molecule has 4 rings (SSSR count). The van der Waals surface area contributed by atoms with Gasteiger partial charge < -0.3 is 15.1 Å². The molecule has 166 valence electrons. The fourth-order valence-corrected chi connectivity index (χ4v) is 4.35. The fraction of sp³-hybridized carbons (Fsp3) is 0.320. The van der Waals surface area contributed by atoms with Crippen molar-refractivity contribution in [2.45, 2.75) is 20.8 Å². The summed E-state index contributed by atoms with van der Waals surface area (Å²) >= 11 is 0. The van der Waals surface area contributed by atoms with Crippen LogP contribution in [0.15, 0.2) is 48.2 Å². The van der Waals surface area contributed by atoms with Crippen LogP contribution in [0.25, 0.3) is 5.57 Å². The summed E-state index contributed by atoms with van der Waals surface area (Å²) in [5.74, 6) is -0.725. The van der Waals surface area contributed by atoms with Crippen LogP contribution in [0.3, 0.4) is 0 Å². The zero-order chi connectivity index (χ0) is 23.0. The van der Waals surface area contributed by atoms with Gasteiger partial charge in [-0.15, -0.1) is 0 Å². The van der Waals surface area contributed by atoms with Gasteiger partial charge in [-0.2, -0.15) is 0 Å². The second-order valence-corrected chi connectivity index (χ2v) is 8.34. The highest BCUT2D eigenvalue weighted by Gasteiger charge is 2.40. The molecular formula is C25H28N4O3. The monoisotopic (exact) mass is 432 g/mol. The van der Waals surface area contributed by atoms with Crippen LogP contribution >= 0.6 is 0 Å². The molecule has 0 spiro atoms. The number of benzene rings is 2. The molecule has 1 fully saturated rings. The fourth-order valence-electron chi connectivity index (χ4n) is 4.35. The van der Waals surface area contributed by atoms with Gasteiger partial charge in [0.15, 0.2) is 0 Å². The zero-order valence-electron chi connectivity index (χ0n) is 18.9. The molecule has 32 heavy (non-hydrogen) atoms. The number of imide groups is 1. The number of carbonyl (C=O) groups is 3. The van der Waals surface area contributed by atoms with Gasteiger partial charge in [-0.1, -0.05) is 24.3 Å². The summed E-state index contributed by atoms with van der Waals surface area (Å²) < 4.78 is 0. The number of piperazine rings is 1. The number of hydrogen-bond acceptors (Lipinski definition) is 5. The third-order valence-corrected chi connectivity index (χ3v) is 6.27. The molecule has 0 atom stereocenters. The number of nitrogens with one attached hydrogen (secondary N) is 1. The van der Waals surface area contributed by atoms with Crippen molar-refractivity contribution in [2.75, 3.05) is 43.4 Å². The molecule has 1 saturated heterocycles. The first-order valence-electron chi connectivity index (χ1n) is 10.8. The number of rotatable bonds is 4. The van der Waals surface area contributed by atoms with Crippen molar-refractivity contribution >= 4 is 34.7 Å². The lowest BCUT2D eigenvalue weighted by Crippen LogP contribution is -2.47. The van der Waals surface area contributed by atoms with Crippen molar-refractivity contribution in [3.63, 3.8) is 0 Å². The van der Waals surface area contributed by atoms with Crippen LogP contribution in [0.4, 0.5) is 11.4 Å². The Bertz CT molecular complexity index is 1110. The van der Waals surface area contributed by atoms with Crippen molar-refractivity contribution in [3.05, 3.63) is 64.9 Å². The standard InChI is InChI=1S/C25H28N4O3/c1-16-6-5-7-21(17(16)2)28-12-14-29(15-13-28)23-22(24(31)27(4)25(23)32)19-8-10-20(11-9-19)26-18(3)30/h5-11H,12-15H2,1-4H3,(H,26,30). The molecule has 0 saturated carbocycles. The minimum atomic E-state index is -0.297. The molecule has 1 N–H and O–H groups in total. The van der Waals surface area contributed by atoms with Gasteiger partial charge in [0.25, 0.3) is 11.8 Å². The summed E-state index contributed by atoms with van der Waals surface area (Å²) in [6, 6.07) is 13.4. The smallest absolute Gasteiger partial charge is 0.277 e. The van der Waals surface area contributed by atoms with Crippen molar-refractivity contribution in [3.8, 4) is 0 Å². The number of nitrogens with zero attached hydrogens (tertiary/aromatic N) is 3. The topological polar surface area (TPSA) is 73.0 Å². The van der Waals surface area contributed by atoms with E-state index in [1.807, 2.05) is 4.90 Å². The maximum Gasteiger partial charge on any atom is 0.277 e. The van der Waals surface area contributed by atoms with Gasteiger partial charge in [0.1, 0.15) is 5.70 Å². The SMILES string of the molecule is CC(=O)Nc1ccc(C2=C(N3CCN(c4cccc(C)c4C)CC3)C(=O)N(C)C2=O)cc1. The van der Waals surface area contributed by atoms with Gasteiger partial charge in [-0.25, -0.2) is 0 Å². The lowest BCUT2D eigenvalue weighted by atomic mass is 10.0. The van der Waals surface area contributed by atoms with Crippen LogP contribution in [0.1, 0.15) is 23.6 Å². The van der Waals surface area contributed by atoms with Crippen molar-refractivity contribution < 1.29 is 14.4 Å². The van der Waals surface area contributed by atoms with E-state index in [0.29, 0.717) is 35.6 Å². The highest BCUT2D eigenvalue weighted by Crippen LogP contribution is 2.33. The minimum absolute atomic E-state index is 0.161. The van der Waals surface area contributed by atoms with Crippen LogP contribution in [0.2, 0.25) is 0 Å². The maximum atomic E-state index is 13.0. The minimum Gasteiger partial charge on any atom is -0.368 e. The number of amides is 3. The van der Waals surface area contributed by atoms with Gasteiger partial charge in [0.2, 0.25) is 5.91 Å². The van der Waals surface area contributed by atoms with Crippen molar-refractivity contribution in [1.29, 1.82) is 0 Å². The number of carbonyl (C=O) groups excluding carboxylic acids is 3. The average Bonchev–Trinajstić information content (AvgIpc) is 3.00. The molecule has 0 aromatic heterocycles. The highest BCUT2D eigenvalue weighted by molar-refractivity contribution is 6.35.